The van der Waals surface area contributed by atoms with Crippen molar-refractivity contribution in [3.05, 3.63) is 93.7 Å². The largest absolute Gasteiger partial charge is 0.507 e. The van der Waals surface area contributed by atoms with Gasteiger partial charge >= 0.3 is 0 Å². The number of nitrogens with one attached hydrogen (secondary N) is 2. The summed E-state index contributed by atoms with van der Waals surface area (Å²) in [7, 11) is 0. The van der Waals surface area contributed by atoms with Gasteiger partial charge in [-0.15, -0.1) is 0 Å². The summed E-state index contributed by atoms with van der Waals surface area (Å²) in [5.74, 6) is -1.33. The number of rotatable bonds is 5. The van der Waals surface area contributed by atoms with Crippen molar-refractivity contribution < 1.29 is 19.1 Å². The number of amides is 2. The van der Waals surface area contributed by atoms with Crippen LogP contribution in [0.5, 0.6) is 5.75 Å². The number of carbonyl (C=O) groups excluding carboxylic acids is 2. The van der Waals surface area contributed by atoms with Gasteiger partial charge in [0, 0.05) is 26.9 Å². The van der Waals surface area contributed by atoms with Gasteiger partial charge in [-0.2, -0.15) is 5.10 Å². The van der Waals surface area contributed by atoms with Crippen molar-refractivity contribution in [3.63, 3.8) is 0 Å². The average molecular weight is 456 g/mol. The van der Waals surface area contributed by atoms with E-state index in [0.717, 1.165) is 4.47 Å². The van der Waals surface area contributed by atoms with Gasteiger partial charge in [-0.3, -0.25) is 9.59 Å². The molecule has 3 aromatic rings. The summed E-state index contributed by atoms with van der Waals surface area (Å²) in [5, 5.41) is 16.2. The van der Waals surface area contributed by atoms with Crippen molar-refractivity contribution in [1.82, 2.24) is 5.43 Å². The molecule has 0 atom stereocenters. The van der Waals surface area contributed by atoms with Crippen molar-refractivity contribution in [3.8, 4) is 5.75 Å². The fourth-order valence-electron chi connectivity index (χ4n) is 2.40. The molecule has 0 heterocycles. The Morgan fingerprint density at radius 3 is 2.48 bits per heavy atom. The third-order valence-corrected chi connectivity index (χ3v) is 4.34. The quantitative estimate of drug-likeness (QED) is 0.395. The highest BCUT2D eigenvalue weighted by atomic mass is 79.9. The van der Waals surface area contributed by atoms with Gasteiger partial charge < -0.3 is 10.4 Å². The van der Waals surface area contributed by atoms with E-state index < -0.39 is 17.6 Å². The summed E-state index contributed by atoms with van der Waals surface area (Å²) in [6.07, 6.45) is 1.32. The lowest BCUT2D eigenvalue weighted by Gasteiger charge is -2.07. The Morgan fingerprint density at radius 1 is 0.966 bits per heavy atom. The zero-order valence-electron chi connectivity index (χ0n) is 14.9. The van der Waals surface area contributed by atoms with Crippen LogP contribution in [-0.4, -0.2) is 23.1 Å². The molecule has 3 aromatic carbocycles. The number of phenols is 1. The molecule has 0 bridgehead atoms. The molecule has 0 aliphatic heterocycles. The fourth-order valence-corrected chi connectivity index (χ4v) is 2.78. The minimum absolute atomic E-state index is 0.0247. The minimum Gasteiger partial charge on any atom is -0.507 e. The van der Waals surface area contributed by atoms with Crippen molar-refractivity contribution in [1.29, 1.82) is 0 Å². The number of nitrogens with zero attached hydrogens (tertiary/aromatic N) is 1. The Hall–Kier alpha value is -3.52. The van der Waals surface area contributed by atoms with Gasteiger partial charge in [0.05, 0.1) is 6.21 Å². The minimum atomic E-state index is -0.492. The van der Waals surface area contributed by atoms with Crippen LogP contribution in [0.1, 0.15) is 26.3 Å². The molecule has 0 fully saturated rings. The molecule has 0 aromatic heterocycles. The third kappa shape index (κ3) is 5.49. The summed E-state index contributed by atoms with van der Waals surface area (Å²) < 4.78 is 13.7. The maximum atomic E-state index is 13.0. The van der Waals surface area contributed by atoms with Gasteiger partial charge in [-0.25, -0.2) is 9.82 Å². The summed E-state index contributed by atoms with van der Waals surface area (Å²) in [6, 6.07) is 16.2. The van der Waals surface area contributed by atoms with Crippen molar-refractivity contribution in [2.24, 2.45) is 5.10 Å². The number of phenolic OH excluding ortho intramolecular Hbond substituents is 1. The highest BCUT2D eigenvalue weighted by molar-refractivity contribution is 9.10. The SMILES string of the molecule is O=C(N/N=C\c1cc(Br)ccc1O)c1cccc(NC(=O)c2ccc(F)cc2)c1. The molecule has 0 radical (unpaired) electrons. The first kappa shape index (κ1) is 20.2. The molecule has 3 N–H and O–H groups in total. The van der Waals surface area contributed by atoms with Crippen LogP contribution in [0.25, 0.3) is 0 Å². The Balaban J connectivity index is 1.66. The molecule has 0 saturated heterocycles. The number of carbonyl (C=O) groups is 2. The van der Waals surface area contributed by atoms with E-state index in [2.05, 4.69) is 31.8 Å². The normalized spacial score (nSPS) is 10.7. The first-order valence-corrected chi connectivity index (χ1v) is 9.20. The van der Waals surface area contributed by atoms with Crippen LogP contribution in [0.3, 0.4) is 0 Å². The fraction of sp³-hybridized carbons (Fsp3) is 0. The number of hydrazone groups is 1. The zero-order valence-corrected chi connectivity index (χ0v) is 16.5. The van der Waals surface area contributed by atoms with Gasteiger partial charge in [0.25, 0.3) is 11.8 Å². The standard InChI is InChI=1S/C21H15BrFN3O3/c22-16-6-9-19(27)15(10-16)12-24-26-21(29)14-2-1-3-18(11-14)25-20(28)13-4-7-17(23)8-5-13/h1-12,27H,(H,25,28)(H,26,29)/b24-12-. The van der Waals surface area contributed by atoms with Crippen LogP contribution < -0.4 is 10.7 Å². The van der Waals surface area contributed by atoms with E-state index in [0.29, 0.717) is 16.8 Å². The lowest BCUT2D eigenvalue weighted by Crippen LogP contribution is -2.18. The van der Waals surface area contributed by atoms with E-state index in [-0.39, 0.29) is 11.3 Å². The lowest BCUT2D eigenvalue weighted by atomic mass is 10.1. The summed E-state index contributed by atoms with van der Waals surface area (Å²) in [6.45, 7) is 0. The van der Waals surface area contributed by atoms with Crippen LogP contribution in [0, 0.1) is 5.82 Å². The molecule has 29 heavy (non-hydrogen) atoms. The molecule has 6 nitrogen and oxygen atoms in total. The van der Waals surface area contributed by atoms with E-state index in [4.69, 9.17) is 0 Å². The monoisotopic (exact) mass is 455 g/mol. The Labute approximate surface area is 174 Å². The van der Waals surface area contributed by atoms with E-state index in [1.54, 1.807) is 30.3 Å². The molecule has 0 spiro atoms. The maximum absolute atomic E-state index is 13.0. The molecule has 2 amide bonds. The lowest BCUT2D eigenvalue weighted by molar-refractivity contribution is 0.0953. The molecule has 8 heteroatoms. The van der Waals surface area contributed by atoms with Gasteiger partial charge in [-0.05, 0) is 60.7 Å². The Kier molecular flexibility index (Phi) is 6.36. The molecule has 3 rings (SSSR count). The van der Waals surface area contributed by atoms with Crippen LogP contribution in [-0.2, 0) is 0 Å². The van der Waals surface area contributed by atoms with E-state index in [9.17, 15) is 19.1 Å². The first-order chi connectivity index (χ1) is 13.9. The van der Waals surface area contributed by atoms with Crippen LogP contribution in [0.4, 0.5) is 10.1 Å². The predicted octanol–water partition coefficient (Wildman–Crippen LogP) is 4.31. The number of aromatic hydroxyl groups is 1. The number of anilines is 1. The predicted molar refractivity (Wildman–Crippen MR) is 112 cm³/mol. The smallest absolute Gasteiger partial charge is 0.271 e. The number of benzene rings is 3. The van der Waals surface area contributed by atoms with Crippen LogP contribution >= 0.6 is 15.9 Å². The van der Waals surface area contributed by atoms with Crippen LogP contribution in [0.15, 0.2) is 76.3 Å². The summed E-state index contributed by atoms with van der Waals surface area (Å²) >= 11 is 3.29. The van der Waals surface area contributed by atoms with E-state index in [1.165, 1.54) is 42.6 Å². The second-order valence-corrected chi connectivity index (χ2v) is 6.86. The second kappa shape index (κ2) is 9.11. The molecule has 0 unspecified atom stereocenters. The second-order valence-electron chi connectivity index (χ2n) is 5.94. The molecule has 0 saturated carbocycles. The maximum Gasteiger partial charge on any atom is 0.271 e. The Morgan fingerprint density at radius 2 is 1.72 bits per heavy atom. The number of hydrogen-bond donors (Lipinski definition) is 3. The van der Waals surface area contributed by atoms with E-state index >= 15 is 0 Å². The van der Waals surface area contributed by atoms with Gasteiger partial charge in [0.2, 0.25) is 0 Å². The summed E-state index contributed by atoms with van der Waals surface area (Å²) in [5.41, 5.74) is 3.76. The summed E-state index contributed by atoms with van der Waals surface area (Å²) in [4.78, 5) is 24.5. The molecule has 0 aliphatic carbocycles. The zero-order chi connectivity index (χ0) is 20.8. The molecular weight excluding hydrogens is 441 g/mol. The van der Waals surface area contributed by atoms with Gasteiger partial charge in [0.15, 0.2) is 0 Å². The highest BCUT2D eigenvalue weighted by Crippen LogP contribution is 2.20. The molecule has 0 aliphatic rings. The van der Waals surface area contributed by atoms with Crippen molar-refractivity contribution >= 4 is 39.6 Å². The third-order valence-electron chi connectivity index (χ3n) is 3.85. The Bertz CT molecular complexity index is 1080. The number of hydrogen-bond acceptors (Lipinski definition) is 4. The van der Waals surface area contributed by atoms with Crippen molar-refractivity contribution in [2.75, 3.05) is 5.32 Å². The van der Waals surface area contributed by atoms with Crippen molar-refractivity contribution in [2.45, 2.75) is 0 Å². The topological polar surface area (TPSA) is 90.8 Å². The van der Waals surface area contributed by atoms with Gasteiger partial charge in [0.1, 0.15) is 11.6 Å². The average Bonchev–Trinajstić information content (AvgIpc) is 2.71. The highest BCUT2D eigenvalue weighted by Gasteiger charge is 2.09. The van der Waals surface area contributed by atoms with E-state index in [1.807, 2.05) is 0 Å². The van der Waals surface area contributed by atoms with Gasteiger partial charge in [-0.1, -0.05) is 22.0 Å². The molecular formula is C21H15BrFN3O3. The number of halogens is 2. The first-order valence-electron chi connectivity index (χ1n) is 8.41. The molecule has 146 valence electrons. The van der Waals surface area contributed by atoms with Crippen LogP contribution in [0.2, 0.25) is 0 Å².